The average molecular weight is 384 g/mol. The summed E-state index contributed by atoms with van der Waals surface area (Å²) >= 11 is 0. The minimum absolute atomic E-state index is 0.0335. The molecule has 2 aromatic rings. The Balaban J connectivity index is 1.51. The van der Waals surface area contributed by atoms with Crippen LogP contribution in [0.3, 0.4) is 0 Å². The number of urea groups is 1. The minimum Gasteiger partial charge on any atom is -0.348 e. The van der Waals surface area contributed by atoms with Gasteiger partial charge in [0, 0.05) is 33.7 Å². The molecule has 1 saturated heterocycles. The number of hydrogen-bond acceptors (Lipinski definition) is 4. The molecule has 1 aromatic heterocycles. The molecule has 1 aliphatic rings. The Bertz CT molecular complexity index is 789. The Morgan fingerprint density at radius 2 is 2.04 bits per heavy atom. The van der Waals surface area contributed by atoms with Gasteiger partial charge in [0.25, 0.3) is 0 Å². The molecule has 3 rings (SSSR count). The number of nitrogens with zero attached hydrogens (tertiary/aromatic N) is 5. The number of benzene rings is 1. The van der Waals surface area contributed by atoms with Crippen molar-refractivity contribution >= 4 is 11.9 Å². The van der Waals surface area contributed by atoms with Crippen LogP contribution in [-0.4, -0.2) is 63.7 Å². The van der Waals surface area contributed by atoms with Crippen molar-refractivity contribution in [2.45, 2.75) is 32.4 Å². The molecule has 8 heteroatoms. The quantitative estimate of drug-likeness (QED) is 0.819. The lowest BCUT2D eigenvalue weighted by Crippen LogP contribution is -2.48. The van der Waals surface area contributed by atoms with Crippen LogP contribution in [0, 0.1) is 5.92 Å². The number of carbonyl (C=O) groups is 2. The van der Waals surface area contributed by atoms with Crippen molar-refractivity contribution < 1.29 is 9.59 Å². The van der Waals surface area contributed by atoms with E-state index in [1.807, 2.05) is 22.8 Å². The summed E-state index contributed by atoms with van der Waals surface area (Å²) in [4.78, 5) is 28.0. The van der Waals surface area contributed by atoms with Gasteiger partial charge in [-0.1, -0.05) is 30.3 Å². The van der Waals surface area contributed by atoms with Gasteiger partial charge in [-0.3, -0.25) is 4.79 Å². The smallest absolute Gasteiger partial charge is 0.319 e. The van der Waals surface area contributed by atoms with E-state index in [4.69, 9.17) is 0 Å². The third kappa shape index (κ3) is 5.09. The number of aryl methyl sites for hydroxylation is 2. The van der Waals surface area contributed by atoms with Gasteiger partial charge in [0.05, 0.1) is 12.5 Å². The molecule has 0 bridgehead atoms. The molecule has 8 nitrogen and oxygen atoms in total. The second-order valence-electron chi connectivity index (χ2n) is 7.36. The molecular formula is C20H28N6O2. The van der Waals surface area contributed by atoms with Gasteiger partial charge in [0.1, 0.15) is 6.33 Å². The van der Waals surface area contributed by atoms with Gasteiger partial charge < -0.3 is 19.7 Å². The van der Waals surface area contributed by atoms with E-state index in [9.17, 15) is 9.59 Å². The summed E-state index contributed by atoms with van der Waals surface area (Å²) in [6, 6.07) is 10.2. The Kier molecular flexibility index (Phi) is 6.62. The summed E-state index contributed by atoms with van der Waals surface area (Å²) in [5, 5.41) is 11.1. The zero-order valence-electron chi connectivity index (χ0n) is 16.5. The van der Waals surface area contributed by atoms with Crippen LogP contribution in [-0.2, 0) is 24.3 Å². The fourth-order valence-corrected chi connectivity index (χ4v) is 3.46. The standard InChI is InChI=1S/C20H28N6O2/c1-24(2)20(28)25-11-6-9-17(14-25)19(27)21-13-18-23-22-15-26(18)12-10-16-7-4-3-5-8-16/h3-5,7-8,15,17H,6,9-14H2,1-2H3,(H,21,27)/t17-/m0/s1. The number of rotatable bonds is 6. The third-order valence-electron chi connectivity index (χ3n) is 5.05. The number of hydrogen-bond donors (Lipinski definition) is 1. The van der Waals surface area contributed by atoms with Gasteiger partial charge in [-0.05, 0) is 24.8 Å². The van der Waals surface area contributed by atoms with E-state index >= 15 is 0 Å². The maximum atomic E-state index is 12.6. The van der Waals surface area contributed by atoms with Gasteiger partial charge in [0.2, 0.25) is 5.91 Å². The van der Waals surface area contributed by atoms with Crippen molar-refractivity contribution in [3.05, 3.63) is 48.0 Å². The lowest BCUT2D eigenvalue weighted by molar-refractivity contribution is -0.126. The predicted molar refractivity (Wildman–Crippen MR) is 105 cm³/mol. The Morgan fingerprint density at radius 1 is 1.25 bits per heavy atom. The summed E-state index contributed by atoms with van der Waals surface area (Å²) in [6.45, 7) is 2.26. The van der Waals surface area contributed by atoms with E-state index in [1.165, 1.54) is 5.56 Å². The summed E-state index contributed by atoms with van der Waals surface area (Å²) < 4.78 is 1.97. The number of aromatic nitrogens is 3. The highest BCUT2D eigenvalue weighted by molar-refractivity contribution is 5.80. The fourth-order valence-electron chi connectivity index (χ4n) is 3.46. The molecule has 150 valence electrons. The van der Waals surface area contributed by atoms with E-state index < -0.39 is 0 Å². The molecule has 28 heavy (non-hydrogen) atoms. The second kappa shape index (κ2) is 9.34. The van der Waals surface area contributed by atoms with Crippen LogP contribution in [0.25, 0.3) is 0 Å². The van der Waals surface area contributed by atoms with Crippen LogP contribution in [0.1, 0.15) is 24.2 Å². The van der Waals surface area contributed by atoms with Gasteiger partial charge in [0.15, 0.2) is 5.82 Å². The average Bonchev–Trinajstić information content (AvgIpc) is 3.18. The largest absolute Gasteiger partial charge is 0.348 e. The van der Waals surface area contributed by atoms with Crippen molar-refractivity contribution in [1.82, 2.24) is 29.9 Å². The summed E-state index contributed by atoms with van der Waals surface area (Å²) in [5.74, 6) is 0.522. The lowest BCUT2D eigenvalue weighted by atomic mass is 9.97. The van der Waals surface area contributed by atoms with E-state index in [-0.39, 0.29) is 17.9 Å². The molecule has 0 saturated carbocycles. The summed E-state index contributed by atoms with van der Waals surface area (Å²) in [5.41, 5.74) is 1.25. The molecule has 1 aromatic carbocycles. The fraction of sp³-hybridized carbons (Fsp3) is 0.500. The predicted octanol–water partition coefficient (Wildman–Crippen LogP) is 1.53. The molecule has 3 amide bonds. The highest BCUT2D eigenvalue weighted by atomic mass is 16.2. The molecule has 1 N–H and O–H groups in total. The Morgan fingerprint density at radius 3 is 2.79 bits per heavy atom. The monoisotopic (exact) mass is 384 g/mol. The lowest BCUT2D eigenvalue weighted by Gasteiger charge is -2.33. The first-order valence-electron chi connectivity index (χ1n) is 9.69. The first-order chi connectivity index (χ1) is 13.5. The van der Waals surface area contributed by atoms with Crippen LogP contribution in [0.4, 0.5) is 4.79 Å². The molecular weight excluding hydrogens is 356 g/mol. The minimum atomic E-state index is -0.182. The van der Waals surface area contributed by atoms with Crippen LogP contribution >= 0.6 is 0 Å². The van der Waals surface area contributed by atoms with Crippen molar-refractivity contribution in [3.8, 4) is 0 Å². The molecule has 1 aliphatic heterocycles. The molecule has 0 aliphatic carbocycles. The van der Waals surface area contributed by atoms with Gasteiger partial charge in [-0.15, -0.1) is 10.2 Å². The summed E-state index contributed by atoms with van der Waals surface area (Å²) in [6.07, 6.45) is 4.21. The number of carbonyl (C=O) groups excluding carboxylic acids is 2. The number of likely N-dealkylation sites (tertiary alicyclic amines) is 1. The van der Waals surface area contributed by atoms with Crippen molar-refractivity contribution in [1.29, 1.82) is 0 Å². The van der Waals surface area contributed by atoms with Crippen LogP contribution in [0.2, 0.25) is 0 Å². The van der Waals surface area contributed by atoms with Gasteiger partial charge in [-0.25, -0.2) is 4.79 Å². The molecule has 1 atom stereocenters. The highest BCUT2D eigenvalue weighted by Crippen LogP contribution is 2.17. The SMILES string of the molecule is CN(C)C(=O)N1CCC[C@H](C(=O)NCc2nncn2CCc2ccccc2)C1. The van der Waals surface area contributed by atoms with Crippen molar-refractivity contribution in [2.75, 3.05) is 27.2 Å². The van der Waals surface area contributed by atoms with Crippen molar-refractivity contribution in [3.63, 3.8) is 0 Å². The number of nitrogens with one attached hydrogen (secondary N) is 1. The maximum Gasteiger partial charge on any atom is 0.319 e. The zero-order chi connectivity index (χ0) is 19.9. The van der Waals surface area contributed by atoms with Gasteiger partial charge in [-0.2, -0.15) is 0 Å². The van der Waals surface area contributed by atoms with Crippen molar-refractivity contribution in [2.24, 2.45) is 5.92 Å². The number of piperidine rings is 1. The topological polar surface area (TPSA) is 83.4 Å². The normalized spacial score (nSPS) is 16.6. The first kappa shape index (κ1) is 19.9. The van der Waals surface area contributed by atoms with E-state index in [0.29, 0.717) is 19.6 Å². The Hall–Kier alpha value is -2.90. The molecule has 1 fully saturated rings. The molecule has 0 spiro atoms. The zero-order valence-corrected chi connectivity index (χ0v) is 16.5. The highest BCUT2D eigenvalue weighted by Gasteiger charge is 2.29. The van der Waals surface area contributed by atoms with E-state index in [2.05, 4.69) is 27.6 Å². The number of amides is 3. The van der Waals surface area contributed by atoms with E-state index in [0.717, 1.165) is 31.6 Å². The first-order valence-corrected chi connectivity index (χ1v) is 9.69. The summed E-state index contributed by atoms with van der Waals surface area (Å²) in [7, 11) is 3.46. The van der Waals surface area contributed by atoms with Crippen LogP contribution in [0.5, 0.6) is 0 Å². The van der Waals surface area contributed by atoms with Crippen LogP contribution in [0.15, 0.2) is 36.7 Å². The van der Waals surface area contributed by atoms with E-state index in [1.54, 1.807) is 30.2 Å². The molecule has 0 unspecified atom stereocenters. The molecule has 0 radical (unpaired) electrons. The second-order valence-corrected chi connectivity index (χ2v) is 7.36. The molecule has 2 heterocycles. The maximum absolute atomic E-state index is 12.6. The van der Waals surface area contributed by atoms with Crippen LogP contribution < -0.4 is 5.32 Å². The van der Waals surface area contributed by atoms with Gasteiger partial charge >= 0.3 is 6.03 Å². The Labute approximate surface area is 165 Å². The third-order valence-corrected chi connectivity index (χ3v) is 5.05.